The first-order valence-corrected chi connectivity index (χ1v) is 13.8. The summed E-state index contributed by atoms with van der Waals surface area (Å²) in [6.07, 6.45) is 9.57. The third-order valence-electron chi connectivity index (χ3n) is 10.4. The fourth-order valence-corrected chi connectivity index (χ4v) is 8.59. The highest BCUT2D eigenvalue weighted by Gasteiger charge is 2.73. The molecular weight excluding hydrogens is 428 g/mol. The van der Waals surface area contributed by atoms with E-state index in [2.05, 4.69) is 22.8 Å². The van der Waals surface area contributed by atoms with Gasteiger partial charge in [0.1, 0.15) is 6.10 Å². The van der Waals surface area contributed by atoms with Gasteiger partial charge in [-0.15, -0.1) is 0 Å². The molecular formula is C28H38N2O4. The standard InChI is InChI=1S/C28H38N2O4/c1-2-3-4-18-10-13-30(26(18)32)20-9-11-28(33)22-15-19-7-8-21(31)24-23(19)27(28,25(20)34-24)12-14-29(22)16-17-5-6-17/h7-8,17-18,20,22,25,31,33H,2-6,9-16H2,1H3/t18?,20-,22+,25-,27-,28?/m0/s1. The molecule has 6 heteroatoms. The lowest BCUT2D eigenvalue weighted by atomic mass is 9.48. The van der Waals surface area contributed by atoms with Crippen LogP contribution in [0.25, 0.3) is 0 Å². The first-order valence-electron chi connectivity index (χ1n) is 13.8. The molecule has 3 heterocycles. The number of amides is 1. The zero-order valence-electron chi connectivity index (χ0n) is 20.3. The van der Waals surface area contributed by atoms with Crippen LogP contribution in [0.4, 0.5) is 0 Å². The number of aromatic hydroxyl groups is 1. The van der Waals surface area contributed by atoms with Gasteiger partial charge in [-0.05, 0) is 75.5 Å². The number of hydrogen-bond acceptors (Lipinski definition) is 5. The zero-order chi connectivity index (χ0) is 23.2. The van der Waals surface area contributed by atoms with Crippen LogP contribution in [-0.2, 0) is 16.6 Å². The number of piperidine rings is 1. The molecule has 6 atom stereocenters. The van der Waals surface area contributed by atoms with Crippen molar-refractivity contribution in [3.63, 3.8) is 0 Å². The molecule has 1 aromatic rings. The molecule has 1 spiro atoms. The Bertz CT molecular complexity index is 1020. The quantitative estimate of drug-likeness (QED) is 0.673. The first kappa shape index (κ1) is 21.5. The van der Waals surface area contributed by atoms with Crippen LogP contribution in [0.2, 0.25) is 0 Å². The minimum absolute atomic E-state index is 0.0345. The molecule has 6 nitrogen and oxygen atoms in total. The number of likely N-dealkylation sites (tertiary alicyclic amines) is 2. The number of hydrogen-bond donors (Lipinski definition) is 2. The first-order chi connectivity index (χ1) is 16.5. The highest BCUT2D eigenvalue weighted by Crippen LogP contribution is 2.66. The van der Waals surface area contributed by atoms with Crippen molar-refractivity contribution in [1.82, 2.24) is 9.80 Å². The highest BCUT2D eigenvalue weighted by molar-refractivity contribution is 5.81. The van der Waals surface area contributed by atoms with Crippen molar-refractivity contribution in [3.8, 4) is 11.5 Å². The topological polar surface area (TPSA) is 73.2 Å². The molecule has 1 aromatic carbocycles. The van der Waals surface area contributed by atoms with Gasteiger partial charge in [0.2, 0.25) is 5.91 Å². The largest absolute Gasteiger partial charge is 0.504 e. The molecule has 0 aromatic heterocycles. The van der Waals surface area contributed by atoms with E-state index in [1.54, 1.807) is 6.07 Å². The average molecular weight is 467 g/mol. The number of phenols is 1. The Labute approximate surface area is 202 Å². The van der Waals surface area contributed by atoms with Crippen molar-refractivity contribution < 1.29 is 19.7 Å². The van der Waals surface area contributed by atoms with Gasteiger partial charge < -0.3 is 19.8 Å². The summed E-state index contributed by atoms with van der Waals surface area (Å²) in [5.74, 6) is 1.95. The van der Waals surface area contributed by atoms with Crippen LogP contribution in [0.15, 0.2) is 12.1 Å². The fraction of sp³-hybridized carbons (Fsp3) is 0.750. The summed E-state index contributed by atoms with van der Waals surface area (Å²) in [5.41, 5.74) is 0.864. The summed E-state index contributed by atoms with van der Waals surface area (Å²) in [6.45, 7) is 5.01. The Morgan fingerprint density at radius 1 is 1.15 bits per heavy atom. The number of benzene rings is 1. The molecule has 2 N–H and O–H groups in total. The third kappa shape index (κ3) is 2.67. The van der Waals surface area contributed by atoms with Crippen molar-refractivity contribution in [2.24, 2.45) is 11.8 Å². The maximum atomic E-state index is 13.5. The smallest absolute Gasteiger partial charge is 0.226 e. The molecule has 7 rings (SSSR count). The van der Waals surface area contributed by atoms with Gasteiger partial charge in [0.15, 0.2) is 11.5 Å². The lowest BCUT2D eigenvalue weighted by Crippen LogP contribution is -2.78. The molecule has 1 amide bonds. The normalized spacial score (nSPS) is 40.4. The monoisotopic (exact) mass is 466 g/mol. The molecule has 2 saturated heterocycles. The molecule has 6 aliphatic rings. The number of carbonyl (C=O) groups is 1. The second kappa shape index (κ2) is 7.36. The SMILES string of the molecule is CCCCC1CCN([C@H]2CCC3(O)[C@H]4Cc5ccc(O)c6c5[C@@]3(CCN4CC3CC3)[C@H]2O6)C1=O. The van der Waals surface area contributed by atoms with Crippen molar-refractivity contribution in [1.29, 1.82) is 0 Å². The predicted octanol–water partition coefficient (Wildman–Crippen LogP) is 3.36. The molecule has 0 radical (unpaired) electrons. The fourth-order valence-electron chi connectivity index (χ4n) is 8.59. The van der Waals surface area contributed by atoms with Crippen LogP contribution in [0.3, 0.4) is 0 Å². The van der Waals surface area contributed by atoms with E-state index in [0.717, 1.165) is 76.1 Å². The number of aliphatic hydroxyl groups is 1. The number of rotatable bonds is 6. The van der Waals surface area contributed by atoms with E-state index in [4.69, 9.17) is 4.74 Å². The van der Waals surface area contributed by atoms with Crippen LogP contribution < -0.4 is 4.74 Å². The second-order valence-corrected chi connectivity index (χ2v) is 12.1. The van der Waals surface area contributed by atoms with E-state index in [0.29, 0.717) is 12.2 Å². The second-order valence-electron chi connectivity index (χ2n) is 12.1. The lowest BCUT2D eigenvalue weighted by molar-refractivity contribution is -0.200. The van der Waals surface area contributed by atoms with E-state index in [1.807, 2.05) is 0 Å². The van der Waals surface area contributed by atoms with Gasteiger partial charge in [0.25, 0.3) is 0 Å². The molecule has 34 heavy (non-hydrogen) atoms. The summed E-state index contributed by atoms with van der Waals surface area (Å²) < 4.78 is 6.67. The van der Waals surface area contributed by atoms with E-state index in [1.165, 1.54) is 18.4 Å². The van der Waals surface area contributed by atoms with Crippen molar-refractivity contribution in [3.05, 3.63) is 23.3 Å². The van der Waals surface area contributed by atoms with Gasteiger partial charge in [0, 0.05) is 30.6 Å². The minimum atomic E-state index is -0.877. The van der Waals surface area contributed by atoms with E-state index in [9.17, 15) is 15.0 Å². The number of phenolic OH excluding ortho intramolecular Hbond substituents is 1. The Morgan fingerprint density at radius 2 is 2.00 bits per heavy atom. The number of unbranched alkanes of at least 4 members (excludes halogenated alkanes) is 1. The third-order valence-corrected chi connectivity index (χ3v) is 10.4. The van der Waals surface area contributed by atoms with E-state index in [-0.39, 0.29) is 35.8 Å². The highest BCUT2D eigenvalue weighted by atomic mass is 16.5. The summed E-state index contributed by atoms with van der Waals surface area (Å²) in [6, 6.07) is 3.88. The summed E-state index contributed by atoms with van der Waals surface area (Å²) in [5, 5.41) is 23.4. The van der Waals surface area contributed by atoms with Gasteiger partial charge in [-0.2, -0.15) is 0 Å². The Morgan fingerprint density at radius 3 is 2.79 bits per heavy atom. The zero-order valence-corrected chi connectivity index (χ0v) is 20.3. The van der Waals surface area contributed by atoms with Crippen molar-refractivity contribution >= 4 is 5.91 Å². The molecule has 4 fully saturated rings. The summed E-state index contributed by atoms with van der Waals surface area (Å²) in [4.78, 5) is 18.1. The van der Waals surface area contributed by atoms with Gasteiger partial charge in [0.05, 0.1) is 17.1 Å². The minimum Gasteiger partial charge on any atom is -0.504 e. The Hall–Kier alpha value is -1.79. The number of carbonyl (C=O) groups excluding carboxylic acids is 1. The molecule has 3 aliphatic carbocycles. The molecule has 184 valence electrons. The molecule has 2 bridgehead atoms. The molecule has 3 aliphatic heterocycles. The van der Waals surface area contributed by atoms with Crippen LogP contribution >= 0.6 is 0 Å². The van der Waals surface area contributed by atoms with Crippen LogP contribution in [0, 0.1) is 11.8 Å². The van der Waals surface area contributed by atoms with Gasteiger partial charge in [-0.1, -0.05) is 25.8 Å². The average Bonchev–Trinajstić information content (AvgIpc) is 3.46. The Kier molecular flexibility index (Phi) is 4.65. The predicted molar refractivity (Wildman–Crippen MR) is 128 cm³/mol. The summed E-state index contributed by atoms with van der Waals surface area (Å²) >= 11 is 0. The Balaban J connectivity index is 1.29. The van der Waals surface area contributed by atoms with Gasteiger partial charge >= 0.3 is 0 Å². The van der Waals surface area contributed by atoms with Crippen molar-refractivity contribution in [2.75, 3.05) is 19.6 Å². The molecule has 2 saturated carbocycles. The number of ether oxygens (including phenoxy) is 1. The van der Waals surface area contributed by atoms with Crippen LogP contribution in [-0.4, -0.2) is 69.3 Å². The number of nitrogens with zero attached hydrogens (tertiary/aromatic N) is 2. The maximum Gasteiger partial charge on any atom is 0.226 e. The maximum absolute atomic E-state index is 13.5. The lowest BCUT2D eigenvalue weighted by Gasteiger charge is -2.64. The van der Waals surface area contributed by atoms with Gasteiger partial charge in [-0.25, -0.2) is 0 Å². The van der Waals surface area contributed by atoms with Crippen LogP contribution in [0.5, 0.6) is 11.5 Å². The molecule has 2 unspecified atom stereocenters. The van der Waals surface area contributed by atoms with E-state index < -0.39 is 11.0 Å². The van der Waals surface area contributed by atoms with E-state index >= 15 is 0 Å². The summed E-state index contributed by atoms with van der Waals surface area (Å²) in [7, 11) is 0. The van der Waals surface area contributed by atoms with Gasteiger partial charge in [-0.3, -0.25) is 9.69 Å². The van der Waals surface area contributed by atoms with Crippen molar-refractivity contribution in [2.45, 2.75) is 100 Å². The van der Waals surface area contributed by atoms with Crippen LogP contribution in [0.1, 0.15) is 75.8 Å².